The summed E-state index contributed by atoms with van der Waals surface area (Å²) in [4.78, 5) is -0.113. The van der Waals surface area contributed by atoms with Crippen LogP contribution in [0.2, 0.25) is 0 Å². The molecule has 1 aromatic rings. The first kappa shape index (κ1) is 11.0. The molecule has 0 aliphatic heterocycles. The van der Waals surface area contributed by atoms with E-state index in [1.165, 1.54) is 6.92 Å². The highest BCUT2D eigenvalue weighted by Gasteiger charge is 2.20. The van der Waals surface area contributed by atoms with E-state index in [4.69, 9.17) is 10.8 Å². The number of hydrogen-bond donors (Lipinski definition) is 4. The van der Waals surface area contributed by atoms with Gasteiger partial charge < -0.3 is 10.8 Å². The van der Waals surface area contributed by atoms with Crippen LogP contribution in [-0.2, 0) is 10.0 Å². The van der Waals surface area contributed by atoms with Crippen LogP contribution in [-0.4, -0.2) is 36.4 Å². The summed E-state index contributed by atoms with van der Waals surface area (Å²) in [7, 11) is -3.69. The SMILES string of the molecule is C[C@@H](CO)NS(=O)(=O)c1cn[nH]c1N. The lowest BCUT2D eigenvalue weighted by molar-refractivity contribution is 0.265. The van der Waals surface area contributed by atoms with Gasteiger partial charge in [-0.15, -0.1) is 0 Å². The Morgan fingerprint density at radius 1 is 1.79 bits per heavy atom. The smallest absolute Gasteiger partial charge is 0.246 e. The Hall–Kier alpha value is -1.12. The van der Waals surface area contributed by atoms with Gasteiger partial charge in [-0.25, -0.2) is 13.1 Å². The number of nitrogens with zero attached hydrogens (tertiary/aromatic N) is 1. The zero-order chi connectivity index (χ0) is 10.8. The van der Waals surface area contributed by atoms with E-state index < -0.39 is 16.1 Å². The van der Waals surface area contributed by atoms with Crippen molar-refractivity contribution in [1.29, 1.82) is 0 Å². The van der Waals surface area contributed by atoms with Crippen LogP contribution in [0.25, 0.3) is 0 Å². The van der Waals surface area contributed by atoms with Crippen molar-refractivity contribution < 1.29 is 13.5 Å². The first-order valence-corrected chi connectivity index (χ1v) is 5.37. The summed E-state index contributed by atoms with van der Waals surface area (Å²) in [5.41, 5.74) is 5.34. The molecule has 0 aromatic carbocycles. The molecule has 0 aliphatic rings. The number of H-pyrrole nitrogens is 1. The minimum absolute atomic E-state index is 0.0253. The maximum absolute atomic E-state index is 11.5. The number of sulfonamides is 1. The maximum atomic E-state index is 11.5. The summed E-state index contributed by atoms with van der Waals surface area (Å²) in [5, 5.41) is 14.5. The molecule has 1 rings (SSSR count). The Bertz CT molecular complexity index is 399. The highest BCUT2D eigenvalue weighted by molar-refractivity contribution is 7.89. The third-order valence-corrected chi connectivity index (χ3v) is 3.17. The minimum atomic E-state index is -3.69. The number of aliphatic hydroxyl groups excluding tert-OH is 1. The third kappa shape index (κ3) is 2.22. The fourth-order valence-electron chi connectivity index (χ4n) is 0.865. The normalized spacial score (nSPS) is 14.1. The lowest BCUT2D eigenvalue weighted by Crippen LogP contribution is -2.35. The first-order valence-electron chi connectivity index (χ1n) is 3.89. The Balaban J connectivity index is 2.92. The number of nitrogens with one attached hydrogen (secondary N) is 2. The molecule has 0 radical (unpaired) electrons. The second kappa shape index (κ2) is 3.95. The monoisotopic (exact) mass is 220 g/mol. The number of aromatic nitrogens is 2. The number of nitrogen functional groups attached to an aromatic ring is 1. The number of rotatable bonds is 4. The van der Waals surface area contributed by atoms with Gasteiger partial charge in [0.25, 0.3) is 0 Å². The fraction of sp³-hybridized carbons (Fsp3) is 0.500. The van der Waals surface area contributed by atoms with Gasteiger partial charge in [0.2, 0.25) is 10.0 Å². The van der Waals surface area contributed by atoms with Crippen molar-refractivity contribution in [1.82, 2.24) is 14.9 Å². The molecule has 0 bridgehead atoms. The number of aromatic amines is 1. The second-order valence-electron chi connectivity index (χ2n) is 2.85. The molecule has 7 nitrogen and oxygen atoms in total. The topological polar surface area (TPSA) is 121 Å². The summed E-state index contributed by atoms with van der Waals surface area (Å²) in [5.74, 6) is -0.0253. The molecule has 0 aliphatic carbocycles. The Morgan fingerprint density at radius 3 is 2.86 bits per heavy atom. The molecule has 0 saturated heterocycles. The highest BCUT2D eigenvalue weighted by atomic mass is 32.2. The minimum Gasteiger partial charge on any atom is -0.395 e. The molecule has 5 N–H and O–H groups in total. The summed E-state index contributed by atoms with van der Waals surface area (Å²) >= 11 is 0. The molecule has 1 aromatic heterocycles. The Labute approximate surface area is 81.4 Å². The van der Waals surface area contributed by atoms with Crippen LogP contribution < -0.4 is 10.5 Å². The van der Waals surface area contributed by atoms with Crippen LogP contribution >= 0.6 is 0 Å². The quantitative estimate of drug-likeness (QED) is 0.500. The van der Waals surface area contributed by atoms with Crippen LogP contribution in [0.5, 0.6) is 0 Å². The van der Waals surface area contributed by atoms with Crippen LogP contribution in [0.4, 0.5) is 5.82 Å². The van der Waals surface area contributed by atoms with E-state index in [1.807, 2.05) is 0 Å². The van der Waals surface area contributed by atoms with Crippen LogP contribution in [0, 0.1) is 0 Å². The van der Waals surface area contributed by atoms with E-state index in [-0.39, 0.29) is 17.3 Å². The molecular weight excluding hydrogens is 208 g/mol. The Morgan fingerprint density at radius 2 is 2.43 bits per heavy atom. The van der Waals surface area contributed by atoms with Gasteiger partial charge in [-0.2, -0.15) is 5.10 Å². The van der Waals surface area contributed by atoms with E-state index in [0.717, 1.165) is 6.20 Å². The van der Waals surface area contributed by atoms with Crippen molar-refractivity contribution in [2.75, 3.05) is 12.3 Å². The standard InChI is InChI=1S/C6H12N4O3S/c1-4(3-11)10-14(12,13)5-2-8-9-6(5)7/h2,4,10-11H,3H2,1H3,(H3,7,8,9)/t4-/m0/s1. The molecule has 80 valence electrons. The molecule has 0 spiro atoms. The van der Waals surface area contributed by atoms with E-state index in [2.05, 4.69) is 14.9 Å². The molecular formula is C6H12N4O3S. The maximum Gasteiger partial charge on any atom is 0.246 e. The van der Waals surface area contributed by atoms with Gasteiger partial charge in [-0.1, -0.05) is 0 Å². The van der Waals surface area contributed by atoms with E-state index in [9.17, 15) is 8.42 Å². The predicted molar refractivity (Wildman–Crippen MR) is 49.9 cm³/mol. The third-order valence-electron chi connectivity index (χ3n) is 1.55. The molecule has 1 atom stereocenters. The average molecular weight is 220 g/mol. The van der Waals surface area contributed by atoms with Gasteiger partial charge in [-0.05, 0) is 6.92 Å². The summed E-state index contributed by atoms with van der Waals surface area (Å²) < 4.78 is 25.3. The van der Waals surface area contributed by atoms with E-state index in [1.54, 1.807) is 0 Å². The van der Waals surface area contributed by atoms with Crippen molar-refractivity contribution in [3.05, 3.63) is 6.20 Å². The van der Waals surface area contributed by atoms with Crippen molar-refractivity contribution in [3.63, 3.8) is 0 Å². The molecule has 0 unspecified atom stereocenters. The van der Waals surface area contributed by atoms with Crippen LogP contribution in [0.3, 0.4) is 0 Å². The number of nitrogens with two attached hydrogens (primary N) is 1. The number of anilines is 1. The average Bonchev–Trinajstić information content (AvgIpc) is 2.51. The fourth-order valence-corrected chi connectivity index (χ4v) is 2.12. The zero-order valence-electron chi connectivity index (χ0n) is 7.56. The lowest BCUT2D eigenvalue weighted by Gasteiger charge is -2.10. The molecule has 0 saturated carbocycles. The van der Waals surface area contributed by atoms with Crippen LogP contribution in [0.1, 0.15) is 6.92 Å². The molecule has 1 heterocycles. The molecule has 0 fully saturated rings. The molecule has 0 amide bonds. The summed E-state index contributed by atoms with van der Waals surface area (Å²) in [6.45, 7) is 1.25. The Kier molecular flexibility index (Phi) is 3.09. The van der Waals surface area contributed by atoms with Crippen LogP contribution in [0.15, 0.2) is 11.1 Å². The second-order valence-corrected chi connectivity index (χ2v) is 4.54. The van der Waals surface area contributed by atoms with E-state index in [0.29, 0.717) is 0 Å². The van der Waals surface area contributed by atoms with E-state index >= 15 is 0 Å². The predicted octanol–water partition coefficient (Wildman–Crippen LogP) is -1.35. The highest BCUT2D eigenvalue weighted by Crippen LogP contribution is 2.13. The summed E-state index contributed by atoms with van der Waals surface area (Å²) in [6, 6.07) is -0.561. The summed E-state index contributed by atoms with van der Waals surface area (Å²) in [6.07, 6.45) is 1.11. The van der Waals surface area contributed by atoms with Crippen molar-refractivity contribution in [2.24, 2.45) is 0 Å². The largest absolute Gasteiger partial charge is 0.395 e. The number of aliphatic hydroxyl groups is 1. The molecule has 14 heavy (non-hydrogen) atoms. The van der Waals surface area contributed by atoms with Gasteiger partial charge >= 0.3 is 0 Å². The van der Waals surface area contributed by atoms with Gasteiger partial charge in [0.1, 0.15) is 10.7 Å². The van der Waals surface area contributed by atoms with Crippen molar-refractivity contribution in [3.8, 4) is 0 Å². The lowest BCUT2D eigenvalue weighted by atomic mass is 10.4. The zero-order valence-corrected chi connectivity index (χ0v) is 8.37. The van der Waals surface area contributed by atoms with Gasteiger partial charge in [0.15, 0.2) is 0 Å². The van der Waals surface area contributed by atoms with Gasteiger partial charge in [0, 0.05) is 6.04 Å². The van der Waals surface area contributed by atoms with Crippen molar-refractivity contribution >= 4 is 15.8 Å². The number of hydrogen-bond acceptors (Lipinski definition) is 5. The van der Waals surface area contributed by atoms with Crippen molar-refractivity contribution in [2.45, 2.75) is 17.9 Å². The van der Waals surface area contributed by atoms with Gasteiger partial charge in [0.05, 0.1) is 12.8 Å². The van der Waals surface area contributed by atoms with Gasteiger partial charge in [-0.3, -0.25) is 5.10 Å². The first-order chi connectivity index (χ1) is 6.47. The molecule has 8 heteroatoms.